The van der Waals surface area contributed by atoms with Gasteiger partial charge in [0, 0.05) is 31.3 Å². The molecular weight excluding hydrogens is 276 g/mol. The van der Waals surface area contributed by atoms with Gasteiger partial charge in [-0.1, -0.05) is 18.7 Å². The quantitative estimate of drug-likeness (QED) is 0.561. The molecule has 2 aromatic rings. The zero-order chi connectivity index (χ0) is 14.2. The van der Waals surface area contributed by atoms with Crippen LogP contribution in [0.5, 0.6) is 0 Å². The van der Waals surface area contributed by atoms with E-state index in [9.17, 15) is 0 Å². The number of aliphatic hydroxyl groups is 1. The highest BCUT2D eigenvalue weighted by molar-refractivity contribution is 7.99. The molecule has 0 aliphatic heterocycles. The van der Waals surface area contributed by atoms with Crippen molar-refractivity contribution in [3.05, 3.63) is 18.5 Å². The molecule has 0 aliphatic carbocycles. The number of rotatable bonds is 8. The van der Waals surface area contributed by atoms with E-state index < -0.39 is 0 Å². The third-order valence-corrected chi connectivity index (χ3v) is 3.31. The molecule has 0 aromatic carbocycles. The summed E-state index contributed by atoms with van der Waals surface area (Å²) in [6.45, 7) is 3.06. The molecule has 0 radical (unpaired) electrons. The Morgan fingerprint density at radius 2 is 2.25 bits per heavy atom. The van der Waals surface area contributed by atoms with Crippen molar-refractivity contribution in [1.29, 1.82) is 0 Å². The third-order valence-electron chi connectivity index (χ3n) is 2.38. The van der Waals surface area contributed by atoms with Gasteiger partial charge in [-0.2, -0.15) is 20.1 Å². The summed E-state index contributed by atoms with van der Waals surface area (Å²) in [7, 11) is 0. The predicted molar refractivity (Wildman–Crippen MR) is 78.2 cm³/mol. The Bertz CT molecular complexity index is 519. The van der Waals surface area contributed by atoms with Crippen molar-refractivity contribution in [2.24, 2.45) is 0 Å². The predicted octanol–water partition coefficient (Wildman–Crippen LogP) is 1.35. The summed E-state index contributed by atoms with van der Waals surface area (Å²) in [4.78, 5) is 13.1. The van der Waals surface area contributed by atoms with Gasteiger partial charge >= 0.3 is 0 Å². The molecule has 2 rings (SSSR count). The molecule has 0 saturated carbocycles. The van der Waals surface area contributed by atoms with Gasteiger partial charge in [0.2, 0.25) is 5.95 Å². The molecule has 2 N–H and O–H groups in total. The van der Waals surface area contributed by atoms with Crippen LogP contribution in [-0.4, -0.2) is 48.7 Å². The van der Waals surface area contributed by atoms with Crippen molar-refractivity contribution < 1.29 is 5.11 Å². The van der Waals surface area contributed by atoms with Crippen LogP contribution in [0.2, 0.25) is 0 Å². The molecule has 108 valence electrons. The minimum atomic E-state index is 0.172. The zero-order valence-electron chi connectivity index (χ0n) is 11.4. The van der Waals surface area contributed by atoms with Gasteiger partial charge < -0.3 is 10.4 Å². The summed E-state index contributed by atoms with van der Waals surface area (Å²) in [5.74, 6) is 1.82. The average molecular weight is 294 g/mol. The highest BCUT2D eigenvalue weighted by Crippen LogP contribution is 2.16. The molecule has 0 amide bonds. The second-order valence-corrected chi connectivity index (χ2v) is 5.11. The van der Waals surface area contributed by atoms with Crippen molar-refractivity contribution in [3.8, 4) is 5.95 Å². The van der Waals surface area contributed by atoms with E-state index in [1.54, 1.807) is 17.1 Å². The molecule has 8 heteroatoms. The number of nitrogens with zero attached hydrogens (tertiary/aromatic N) is 5. The molecule has 2 heterocycles. The minimum absolute atomic E-state index is 0.172. The molecular formula is C12H18N6OS. The highest BCUT2D eigenvalue weighted by atomic mass is 32.2. The first-order valence-electron chi connectivity index (χ1n) is 6.57. The van der Waals surface area contributed by atoms with Gasteiger partial charge in [0.1, 0.15) is 0 Å². The summed E-state index contributed by atoms with van der Waals surface area (Å²) >= 11 is 1.50. The Kier molecular flexibility index (Phi) is 5.75. The van der Waals surface area contributed by atoms with Gasteiger partial charge in [-0.05, 0) is 18.9 Å². The van der Waals surface area contributed by atoms with Crippen LogP contribution in [0.4, 0.5) is 5.95 Å². The maximum atomic E-state index is 8.83. The Morgan fingerprint density at radius 1 is 1.35 bits per heavy atom. The van der Waals surface area contributed by atoms with Gasteiger partial charge in [0.15, 0.2) is 5.16 Å². The van der Waals surface area contributed by atoms with Crippen LogP contribution in [0.15, 0.2) is 23.6 Å². The number of aliphatic hydroxyl groups excluding tert-OH is 1. The summed E-state index contributed by atoms with van der Waals surface area (Å²) in [6, 6.07) is 1.82. The van der Waals surface area contributed by atoms with Gasteiger partial charge in [-0.3, -0.25) is 0 Å². The number of aromatic nitrogens is 5. The fourth-order valence-corrected chi connectivity index (χ4v) is 2.20. The molecule has 7 nitrogen and oxygen atoms in total. The van der Waals surface area contributed by atoms with E-state index in [0.717, 1.165) is 18.7 Å². The number of thioether (sulfide) groups is 1. The lowest BCUT2D eigenvalue weighted by atomic mass is 10.5. The van der Waals surface area contributed by atoms with Crippen LogP contribution < -0.4 is 5.32 Å². The van der Waals surface area contributed by atoms with Crippen molar-refractivity contribution in [2.75, 3.05) is 24.2 Å². The smallest absolute Gasteiger partial charge is 0.256 e. The number of hydrogen-bond acceptors (Lipinski definition) is 7. The van der Waals surface area contributed by atoms with E-state index in [-0.39, 0.29) is 6.61 Å². The van der Waals surface area contributed by atoms with Crippen LogP contribution >= 0.6 is 11.8 Å². The van der Waals surface area contributed by atoms with Crippen molar-refractivity contribution >= 4 is 17.7 Å². The normalized spacial score (nSPS) is 10.7. The zero-order valence-corrected chi connectivity index (χ0v) is 12.2. The Labute approximate surface area is 121 Å². The summed E-state index contributed by atoms with van der Waals surface area (Å²) in [5, 5.41) is 16.8. The largest absolute Gasteiger partial charge is 0.396 e. The molecule has 0 saturated heterocycles. The Hall–Kier alpha value is -1.67. The van der Waals surface area contributed by atoms with E-state index in [1.165, 1.54) is 11.8 Å². The number of nitrogens with one attached hydrogen (secondary N) is 1. The van der Waals surface area contributed by atoms with Gasteiger partial charge in [0.25, 0.3) is 5.95 Å². The highest BCUT2D eigenvalue weighted by Gasteiger charge is 2.08. The van der Waals surface area contributed by atoms with Gasteiger partial charge in [-0.15, -0.1) is 0 Å². The molecule has 0 fully saturated rings. The monoisotopic (exact) mass is 294 g/mol. The van der Waals surface area contributed by atoms with Crippen LogP contribution in [0.1, 0.15) is 19.8 Å². The molecule has 0 bridgehead atoms. The maximum Gasteiger partial charge on any atom is 0.256 e. The minimum Gasteiger partial charge on any atom is -0.396 e. The lowest BCUT2D eigenvalue weighted by Crippen LogP contribution is -2.10. The van der Waals surface area contributed by atoms with E-state index in [1.807, 2.05) is 6.07 Å². The maximum absolute atomic E-state index is 8.83. The van der Waals surface area contributed by atoms with E-state index in [2.05, 4.69) is 32.3 Å². The van der Waals surface area contributed by atoms with Crippen molar-refractivity contribution in [1.82, 2.24) is 24.7 Å². The third kappa shape index (κ3) is 4.17. The molecule has 20 heavy (non-hydrogen) atoms. The molecule has 0 unspecified atom stereocenters. The lowest BCUT2D eigenvalue weighted by Gasteiger charge is -2.07. The molecule has 0 atom stereocenters. The average Bonchev–Trinajstić information content (AvgIpc) is 2.99. The van der Waals surface area contributed by atoms with E-state index in [0.29, 0.717) is 23.5 Å². The molecule has 0 aliphatic rings. The number of hydrogen-bond donors (Lipinski definition) is 2. The first-order valence-corrected chi connectivity index (χ1v) is 7.55. The van der Waals surface area contributed by atoms with Crippen molar-refractivity contribution in [2.45, 2.75) is 24.9 Å². The Balaban J connectivity index is 2.19. The fourth-order valence-electron chi connectivity index (χ4n) is 1.44. The summed E-state index contributed by atoms with van der Waals surface area (Å²) < 4.78 is 1.61. The second kappa shape index (κ2) is 7.81. The van der Waals surface area contributed by atoms with Crippen LogP contribution in [0.3, 0.4) is 0 Å². The summed E-state index contributed by atoms with van der Waals surface area (Å²) in [5.41, 5.74) is 0. The standard InChI is InChI=1S/C12H18N6OS/c1-2-5-13-10-15-11(18-7-3-6-14-18)17-12(16-10)20-9-4-8-19/h3,6-7,19H,2,4-5,8-9H2,1H3,(H,13,15,16,17). The topological polar surface area (TPSA) is 88.8 Å². The molecule has 0 spiro atoms. The number of anilines is 1. The van der Waals surface area contributed by atoms with Crippen LogP contribution in [0, 0.1) is 0 Å². The second-order valence-electron chi connectivity index (χ2n) is 4.04. The van der Waals surface area contributed by atoms with Gasteiger partial charge in [0.05, 0.1) is 0 Å². The lowest BCUT2D eigenvalue weighted by molar-refractivity contribution is 0.296. The van der Waals surface area contributed by atoms with Gasteiger partial charge in [-0.25, -0.2) is 4.68 Å². The Morgan fingerprint density at radius 3 is 2.95 bits per heavy atom. The van der Waals surface area contributed by atoms with Crippen LogP contribution in [0.25, 0.3) is 5.95 Å². The first kappa shape index (κ1) is 14.7. The molecule has 2 aromatic heterocycles. The van der Waals surface area contributed by atoms with Crippen molar-refractivity contribution in [3.63, 3.8) is 0 Å². The fraction of sp³-hybridized carbons (Fsp3) is 0.500. The van der Waals surface area contributed by atoms with Crippen LogP contribution in [-0.2, 0) is 0 Å². The van der Waals surface area contributed by atoms with E-state index in [4.69, 9.17) is 5.11 Å². The SMILES string of the molecule is CCCNc1nc(SCCCO)nc(-n2cccn2)n1. The van der Waals surface area contributed by atoms with E-state index >= 15 is 0 Å². The first-order chi connectivity index (χ1) is 9.83. The summed E-state index contributed by atoms with van der Waals surface area (Å²) in [6.07, 6.45) is 5.18.